The molecule has 1 unspecified atom stereocenters. The number of methoxy groups -OCH3 is 2. The van der Waals surface area contributed by atoms with E-state index in [0.717, 1.165) is 58.8 Å². The summed E-state index contributed by atoms with van der Waals surface area (Å²) in [5, 5.41) is 0.994. The van der Waals surface area contributed by atoms with Crippen LogP contribution in [-0.2, 0) is 13.0 Å². The van der Waals surface area contributed by atoms with E-state index in [1.165, 1.54) is 10.5 Å². The molecule has 1 aliphatic heterocycles. The molecular weight excluding hydrogens is 382 g/mol. The number of nitrogens with one attached hydrogen (secondary N) is 1. The van der Waals surface area contributed by atoms with Gasteiger partial charge in [-0.3, -0.25) is 4.90 Å². The lowest BCUT2D eigenvalue weighted by atomic mass is 9.99. The minimum Gasteiger partial charge on any atom is -0.493 e. The van der Waals surface area contributed by atoms with Crippen LogP contribution >= 0.6 is 0 Å². The van der Waals surface area contributed by atoms with E-state index in [1.54, 1.807) is 14.2 Å². The summed E-state index contributed by atoms with van der Waals surface area (Å²) >= 11 is 0. The van der Waals surface area contributed by atoms with Crippen molar-refractivity contribution in [3.63, 3.8) is 0 Å². The summed E-state index contributed by atoms with van der Waals surface area (Å²) < 4.78 is 22.4. The molecule has 2 aromatic carbocycles. The first-order valence-electron chi connectivity index (χ1n) is 10.2. The van der Waals surface area contributed by atoms with Crippen LogP contribution in [0.2, 0.25) is 0 Å². The Kier molecular flexibility index (Phi) is 5.43. The van der Waals surface area contributed by atoms with Gasteiger partial charge in [0.25, 0.3) is 0 Å². The molecule has 0 saturated carbocycles. The summed E-state index contributed by atoms with van der Waals surface area (Å²) in [4.78, 5) is 13.5. The molecular formula is C24H28NO5+. The molecule has 1 aliphatic rings. The number of fused-ring (bicyclic) bond motifs is 2. The van der Waals surface area contributed by atoms with Crippen LogP contribution in [0.15, 0.2) is 33.5 Å². The number of rotatable bonds is 5. The van der Waals surface area contributed by atoms with Crippen molar-refractivity contribution in [2.24, 2.45) is 0 Å². The van der Waals surface area contributed by atoms with Gasteiger partial charge in [0.2, 0.25) is 6.73 Å². The molecule has 0 fully saturated rings. The Morgan fingerprint density at radius 1 is 1.00 bits per heavy atom. The fraction of sp³-hybridized carbons (Fsp3) is 0.375. The minimum atomic E-state index is -0.277. The molecule has 1 N–H and O–H groups in total. The third kappa shape index (κ3) is 3.52. The Morgan fingerprint density at radius 3 is 2.50 bits per heavy atom. The van der Waals surface area contributed by atoms with E-state index in [-0.39, 0.29) is 5.63 Å². The first kappa shape index (κ1) is 20.3. The van der Waals surface area contributed by atoms with Crippen molar-refractivity contribution in [2.45, 2.75) is 33.7 Å². The van der Waals surface area contributed by atoms with Crippen molar-refractivity contribution in [1.29, 1.82) is 0 Å². The summed E-state index contributed by atoms with van der Waals surface area (Å²) in [6.45, 7) is 8.15. The molecule has 30 heavy (non-hydrogen) atoms. The van der Waals surface area contributed by atoms with Gasteiger partial charge in [-0.1, -0.05) is 6.07 Å². The summed E-state index contributed by atoms with van der Waals surface area (Å²) in [6, 6.07) is 8.17. The first-order chi connectivity index (χ1) is 14.4. The van der Waals surface area contributed by atoms with Crippen molar-refractivity contribution >= 4 is 11.0 Å². The highest BCUT2D eigenvalue weighted by Crippen LogP contribution is 2.34. The second-order valence-electron chi connectivity index (χ2n) is 7.91. The molecule has 0 spiro atoms. The standard InChI is InChI=1S/C24H27NO5/c1-14-15(2)24(26)30-23-16(3)22-18(11-19(14)23)12-25(13-29-22)9-8-17-6-7-20(27-4)21(10-17)28-5/h6-7,10-11H,8-9,12-13H2,1-5H3/p+1. The van der Waals surface area contributed by atoms with Crippen LogP contribution in [0.4, 0.5) is 0 Å². The number of hydrogen-bond donors (Lipinski definition) is 1. The van der Waals surface area contributed by atoms with E-state index < -0.39 is 0 Å². The average molecular weight is 410 g/mol. The second-order valence-corrected chi connectivity index (χ2v) is 7.91. The molecule has 6 nitrogen and oxygen atoms in total. The number of ether oxygens (including phenoxy) is 3. The molecule has 6 heteroatoms. The van der Waals surface area contributed by atoms with E-state index in [0.29, 0.717) is 17.9 Å². The summed E-state index contributed by atoms with van der Waals surface area (Å²) in [5.41, 5.74) is 5.26. The van der Waals surface area contributed by atoms with Crippen LogP contribution in [0.5, 0.6) is 17.2 Å². The lowest BCUT2D eigenvalue weighted by molar-refractivity contribution is -0.932. The Labute approximate surface area is 176 Å². The molecule has 4 rings (SSSR count). The molecule has 0 bridgehead atoms. The van der Waals surface area contributed by atoms with E-state index in [2.05, 4.69) is 12.1 Å². The highest BCUT2D eigenvalue weighted by atomic mass is 16.5. The smallest absolute Gasteiger partial charge is 0.339 e. The van der Waals surface area contributed by atoms with Crippen LogP contribution in [0.1, 0.15) is 27.8 Å². The Bertz CT molecular complexity index is 1160. The van der Waals surface area contributed by atoms with Crippen molar-refractivity contribution in [3.05, 3.63) is 62.5 Å². The van der Waals surface area contributed by atoms with Crippen molar-refractivity contribution in [3.8, 4) is 17.2 Å². The van der Waals surface area contributed by atoms with Gasteiger partial charge >= 0.3 is 5.63 Å². The number of quaternary nitrogens is 1. The maximum absolute atomic E-state index is 12.1. The van der Waals surface area contributed by atoms with Crippen molar-refractivity contribution in [2.75, 3.05) is 27.5 Å². The molecule has 2 heterocycles. The molecule has 1 aromatic heterocycles. The minimum absolute atomic E-state index is 0.277. The molecule has 0 amide bonds. The van der Waals surface area contributed by atoms with Crippen LogP contribution in [-0.4, -0.2) is 27.5 Å². The Hall–Kier alpha value is -2.99. The van der Waals surface area contributed by atoms with E-state index in [4.69, 9.17) is 18.6 Å². The molecule has 3 aromatic rings. The summed E-state index contributed by atoms with van der Waals surface area (Å²) in [6.07, 6.45) is 0.911. The van der Waals surface area contributed by atoms with Gasteiger partial charge in [-0.15, -0.1) is 0 Å². The lowest BCUT2D eigenvalue weighted by Crippen LogP contribution is -3.12. The molecule has 0 radical (unpaired) electrons. The Balaban J connectivity index is 1.56. The van der Waals surface area contributed by atoms with Gasteiger partial charge in [-0.05, 0) is 50.1 Å². The van der Waals surface area contributed by atoms with Gasteiger partial charge in [0, 0.05) is 28.5 Å². The topological polar surface area (TPSA) is 62.3 Å². The first-order valence-corrected chi connectivity index (χ1v) is 10.2. The number of aryl methyl sites for hydroxylation is 2. The van der Waals surface area contributed by atoms with Crippen LogP contribution in [0, 0.1) is 20.8 Å². The average Bonchev–Trinajstić information content (AvgIpc) is 2.76. The van der Waals surface area contributed by atoms with E-state index in [1.807, 2.05) is 32.9 Å². The molecule has 158 valence electrons. The molecule has 1 atom stereocenters. The number of hydrogen-bond acceptors (Lipinski definition) is 5. The van der Waals surface area contributed by atoms with Crippen molar-refractivity contribution in [1.82, 2.24) is 0 Å². The summed E-state index contributed by atoms with van der Waals surface area (Å²) in [5.74, 6) is 2.34. The van der Waals surface area contributed by atoms with Gasteiger partial charge in [0.1, 0.15) is 17.9 Å². The monoisotopic (exact) mass is 410 g/mol. The largest absolute Gasteiger partial charge is 0.493 e. The third-order valence-corrected chi connectivity index (χ3v) is 6.08. The quantitative estimate of drug-likeness (QED) is 0.656. The van der Waals surface area contributed by atoms with Gasteiger partial charge in [0.15, 0.2) is 11.5 Å². The van der Waals surface area contributed by atoms with E-state index >= 15 is 0 Å². The molecule has 0 aliphatic carbocycles. The van der Waals surface area contributed by atoms with Crippen LogP contribution in [0.25, 0.3) is 11.0 Å². The highest BCUT2D eigenvalue weighted by Gasteiger charge is 2.25. The zero-order valence-corrected chi connectivity index (χ0v) is 18.2. The lowest BCUT2D eigenvalue weighted by Gasteiger charge is -2.28. The van der Waals surface area contributed by atoms with Crippen LogP contribution in [0.3, 0.4) is 0 Å². The highest BCUT2D eigenvalue weighted by molar-refractivity contribution is 5.86. The van der Waals surface area contributed by atoms with Crippen molar-refractivity contribution < 1.29 is 23.5 Å². The Morgan fingerprint density at radius 2 is 1.77 bits per heavy atom. The zero-order valence-electron chi connectivity index (χ0n) is 18.2. The maximum Gasteiger partial charge on any atom is 0.339 e. The maximum atomic E-state index is 12.1. The second kappa shape index (κ2) is 8.03. The fourth-order valence-corrected chi connectivity index (χ4v) is 4.13. The zero-order chi connectivity index (χ0) is 21.4. The van der Waals surface area contributed by atoms with Gasteiger partial charge in [0.05, 0.1) is 20.8 Å². The van der Waals surface area contributed by atoms with Gasteiger partial charge in [-0.2, -0.15) is 0 Å². The predicted octanol–water partition coefficient (Wildman–Crippen LogP) is 2.71. The summed E-state index contributed by atoms with van der Waals surface area (Å²) in [7, 11) is 3.30. The third-order valence-electron chi connectivity index (χ3n) is 6.08. The normalized spacial score (nSPS) is 15.6. The van der Waals surface area contributed by atoms with Gasteiger partial charge < -0.3 is 18.6 Å². The fourth-order valence-electron chi connectivity index (χ4n) is 4.13. The predicted molar refractivity (Wildman–Crippen MR) is 115 cm³/mol. The van der Waals surface area contributed by atoms with E-state index in [9.17, 15) is 4.79 Å². The van der Waals surface area contributed by atoms with Gasteiger partial charge in [-0.25, -0.2) is 4.79 Å². The van der Waals surface area contributed by atoms with Crippen LogP contribution < -0.4 is 24.7 Å². The number of benzene rings is 2. The SMILES string of the molecule is COc1ccc(CC[NH+]2COc3c(cc4c(C)c(C)c(=O)oc4c3C)C2)cc1OC. The molecule has 0 saturated heterocycles.